The SMILES string of the molecule is CC1CCC(C)C(O)(C2CCOC3(CCOC3)C2)C1. The first-order valence-corrected chi connectivity index (χ1v) is 7.98. The normalized spacial score (nSPS) is 51.6. The largest absolute Gasteiger partial charge is 0.389 e. The van der Waals surface area contributed by atoms with Gasteiger partial charge in [0.05, 0.1) is 17.8 Å². The minimum absolute atomic E-state index is 0.0843. The van der Waals surface area contributed by atoms with Gasteiger partial charge >= 0.3 is 0 Å². The van der Waals surface area contributed by atoms with Crippen LogP contribution in [0.15, 0.2) is 0 Å². The quantitative estimate of drug-likeness (QED) is 0.795. The van der Waals surface area contributed by atoms with E-state index in [0.29, 0.717) is 17.8 Å². The van der Waals surface area contributed by atoms with Crippen molar-refractivity contribution in [3.63, 3.8) is 0 Å². The van der Waals surface area contributed by atoms with Crippen molar-refractivity contribution in [2.45, 2.75) is 63.6 Å². The molecule has 3 rings (SSSR count). The molecule has 2 aliphatic heterocycles. The van der Waals surface area contributed by atoms with Crippen LogP contribution in [0.3, 0.4) is 0 Å². The van der Waals surface area contributed by atoms with E-state index in [1.165, 1.54) is 12.8 Å². The van der Waals surface area contributed by atoms with Crippen LogP contribution in [0.5, 0.6) is 0 Å². The highest BCUT2D eigenvalue weighted by Crippen LogP contribution is 2.48. The Morgan fingerprint density at radius 1 is 1.05 bits per heavy atom. The van der Waals surface area contributed by atoms with Crippen molar-refractivity contribution in [1.82, 2.24) is 0 Å². The van der Waals surface area contributed by atoms with Crippen LogP contribution in [0.25, 0.3) is 0 Å². The van der Waals surface area contributed by atoms with Gasteiger partial charge in [0.25, 0.3) is 0 Å². The molecule has 0 aromatic heterocycles. The fourth-order valence-electron chi connectivity index (χ4n) is 4.53. The molecular formula is C16H28O3. The van der Waals surface area contributed by atoms with E-state index in [4.69, 9.17) is 9.47 Å². The first-order valence-electron chi connectivity index (χ1n) is 7.98. The van der Waals surface area contributed by atoms with Crippen molar-refractivity contribution in [3.8, 4) is 0 Å². The summed E-state index contributed by atoms with van der Waals surface area (Å²) in [7, 11) is 0. The monoisotopic (exact) mass is 268 g/mol. The number of ether oxygens (including phenoxy) is 2. The van der Waals surface area contributed by atoms with E-state index in [-0.39, 0.29) is 5.60 Å². The Bertz CT molecular complexity index is 324. The third-order valence-electron chi connectivity index (χ3n) is 5.89. The van der Waals surface area contributed by atoms with Gasteiger partial charge in [-0.3, -0.25) is 0 Å². The lowest BCUT2D eigenvalue weighted by atomic mass is 9.62. The average Bonchev–Trinajstić information content (AvgIpc) is 2.82. The van der Waals surface area contributed by atoms with E-state index in [1.807, 2.05) is 0 Å². The van der Waals surface area contributed by atoms with E-state index < -0.39 is 5.60 Å². The maximum atomic E-state index is 11.3. The van der Waals surface area contributed by atoms with E-state index in [2.05, 4.69) is 13.8 Å². The Morgan fingerprint density at radius 3 is 2.63 bits per heavy atom. The number of hydrogen-bond donors (Lipinski definition) is 1. The predicted octanol–water partition coefficient (Wildman–Crippen LogP) is 2.76. The van der Waals surface area contributed by atoms with Crippen molar-refractivity contribution < 1.29 is 14.6 Å². The van der Waals surface area contributed by atoms with E-state index >= 15 is 0 Å². The topological polar surface area (TPSA) is 38.7 Å². The lowest BCUT2D eigenvalue weighted by Gasteiger charge is -2.50. The fourth-order valence-corrected chi connectivity index (χ4v) is 4.53. The Morgan fingerprint density at radius 2 is 1.89 bits per heavy atom. The van der Waals surface area contributed by atoms with Gasteiger partial charge in [0.1, 0.15) is 0 Å². The third kappa shape index (κ3) is 2.45. The third-order valence-corrected chi connectivity index (χ3v) is 5.89. The Hall–Kier alpha value is -0.120. The summed E-state index contributed by atoms with van der Waals surface area (Å²) in [6.07, 6.45) is 6.40. The molecule has 0 amide bonds. The molecule has 1 aliphatic carbocycles. The fraction of sp³-hybridized carbons (Fsp3) is 1.00. The van der Waals surface area contributed by atoms with Crippen molar-refractivity contribution in [3.05, 3.63) is 0 Å². The van der Waals surface area contributed by atoms with Gasteiger partial charge in [-0.2, -0.15) is 0 Å². The summed E-state index contributed by atoms with van der Waals surface area (Å²) in [6.45, 7) is 6.85. The van der Waals surface area contributed by atoms with Crippen LogP contribution in [-0.4, -0.2) is 36.1 Å². The summed E-state index contributed by atoms with van der Waals surface area (Å²) in [4.78, 5) is 0. The maximum Gasteiger partial charge on any atom is 0.0940 e. The van der Waals surface area contributed by atoms with E-state index in [9.17, 15) is 5.11 Å². The van der Waals surface area contributed by atoms with Crippen LogP contribution in [0.4, 0.5) is 0 Å². The van der Waals surface area contributed by atoms with Crippen LogP contribution >= 0.6 is 0 Å². The molecule has 3 fully saturated rings. The van der Waals surface area contributed by atoms with Gasteiger partial charge < -0.3 is 14.6 Å². The van der Waals surface area contributed by atoms with E-state index in [1.54, 1.807) is 0 Å². The summed E-state index contributed by atoms with van der Waals surface area (Å²) in [6, 6.07) is 0. The van der Waals surface area contributed by atoms with Gasteiger partial charge in [-0.15, -0.1) is 0 Å². The molecule has 3 aliphatic rings. The van der Waals surface area contributed by atoms with Crippen molar-refractivity contribution in [1.29, 1.82) is 0 Å². The number of hydrogen-bond acceptors (Lipinski definition) is 3. The second kappa shape index (κ2) is 5.01. The molecule has 0 aromatic rings. The molecule has 19 heavy (non-hydrogen) atoms. The van der Waals surface area contributed by atoms with Gasteiger partial charge in [0.15, 0.2) is 0 Å². The predicted molar refractivity (Wildman–Crippen MR) is 74.0 cm³/mol. The smallest absolute Gasteiger partial charge is 0.0940 e. The van der Waals surface area contributed by atoms with E-state index in [0.717, 1.165) is 45.5 Å². The zero-order chi connectivity index (χ0) is 13.5. The van der Waals surface area contributed by atoms with Crippen LogP contribution < -0.4 is 0 Å². The van der Waals surface area contributed by atoms with Crippen molar-refractivity contribution >= 4 is 0 Å². The molecule has 3 nitrogen and oxygen atoms in total. The number of aliphatic hydroxyl groups is 1. The standard InChI is InChI=1S/C16H28O3/c1-12-3-4-13(2)16(17,9-12)14-5-7-19-15(10-14)6-8-18-11-15/h12-14,17H,3-11H2,1-2H3. The molecule has 110 valence electrons. The first kappa shape index (κ1) is 13.8. The molecule has 3 heteroatoms. The van der Waals surface area contributed by atoms with Crippen LogP contribution in [0.1, 0.15) is 52.4 Å². The van der Waals surface area contributed by atoms with Gasteiger partial charge in [0.2, 0.25) is 0 Å². The molecule has 5 unspecified atom stereocenters. The summed E-state index contributed by atoms with van der Waals surface area (Å²) in [5.41, 5.74) is -0.559. The summed E-state index contributed by atoms with van der Waals surface area (Å²) in [5, 5.41) is 11.3. The molecule has 2 saturated heterocycles. The Labute approximate surface area is 116 Å². The second-order valence-electron chi connectivity index (χ2n) is 7.30. The lowest BCUT2D eigenvalue weighted by Crippen LogP contribution is -2.54. The number of rotatable bonds is 1. The lowest BCUT2D eigenvalue weighted by molar-refractivity contribution is -0.171. The molecule has 0 bridgehead atoms. The van der Waals surface area contributed by atoms with Gasteiger partial charge in [0, 0.05) is 19.6 Å². The van der Waals surface area contributed by atoms with Crippen molar-refractivity contribution in [2.24, 2.45) is 17.8 Å². The van der Waals surface area contributed by atoms with Crippen LogP contribution in [0, 0.1) is 17.8 Å². The Kier molecular flexibility index (Phi) is 3.65. The maximum absolute atomic E-state index is 11.3. The average molecular weight is 268 g/mol. The molecule has 0 aromatic carbocycles. The first-order chi connectivity index (χ1) is 9.04. The molecule has 1 spiro atoms. The van der Waals surface area contributed by atoms with Gasteiger partial charge in [-0.05, 0) is 43.4 Å². The summed E-state index contributed by atoms with van der Waals surface area (Å²) in [5.74, 6) is 1.46. The molecule has 1 saturated carbocycles. The molecule has 1 N–H and O–H groups in total. The highest BCUT2D eigenvalue weighted by Gasteiger charge is 2.51. The summed E-state index contributed by atoms with van der Waals surface area (Å²) < 4.78 is 11.6. The second-order valence-corrected chi connectivity index (χ2v) is 7.30. The van der Waals surface area contributed by atoms with Gasteiger partial charge in [-0.1, -0.05) is 20.3 Å². The molecular weight excluding hydrogens is 240 g/mol. The van der Waals surface area contributed by atoms with Crippen molar-refractivity contribution in [2.75, 3.05) is 19.8 Å². The summed E-state index contributed by atoms with van der Waals surface area (Å²) >= 11 is 0. The minimum Gasteiger partial charge on any atom is -0.389 e. The zero-order valence-corrected chi connectivity index (χ0v) is 12.4. The molecule has 2 heterocycles. The minimum atomic E-state index is -0.475. The molecule has 5 atom stereocenters. The van der Waals surface area contributed by atoms with Crippen LogP contribution in [0.2, 0.25) is 0 Å². The zero-order valence-electron chi connectivity index (χ0n) is 12.4. The Balaban J connectivity index is 1.76. The highest BCUT2D eigenvalue weighted by molar-refractivity contribution is 5.01. The van der Waals surface area contributed by atoms with Crippen LogP contribution in [-0.2, 0) is 9.47 Å². The highest BCUT2D eigenvalue weighted by atomic mass is 16.6. The molecule has 0 radical (unpaired) electrons. The van der Waals surface area contributed by atoms with Gasteiger partial charge in [-0.25, -0.2) is 0 Å².